The number of nitrogens with two attached hydrogens (primary N) is 2. The van der Waals surface area contributed by atoms with Crippen LogP contribution in [0.5, 0.6) is 0 Å². The second kappa shape index (κ2) is 3.65. The minimum atomic E-state index is -4.42. The first-order chi connectivity index (χ1) is 7.89. The summed E-state index contributed by atoms with van der Waals surface area (Å²) in [6.07, 6.45) is -4.42. The van der Waals surface area contributed by atoms with Crippen molar-refractivity contribution in [2.75, 3.05) is 11.6 Å². The summed E-state index contributed by atoms with van der Waals surface area (Å²) in [5.74, 6) is 5.48. The van der Waals surface area contributed by atoms with Gasteiger partial charge in [0.15, 0.2) is 5.82 Å². The van der Waals surface area contributed by atoms with Crippen LogP contribution in [0, 0.1) is 0 Å². The van der Waals surface area contributed by atoms with Crippen molar-refractivity contribution in [2.45, 2.75) is 6.18 Å². The van der Waals surface area contributed by atoms with Crippen LogP contribution in [0.25, 0.3) is 11.4 Å². The summed E-state index contributed by atoms with van der Waals surface area (Å²) in [5, 5.41) is 7.07. The highest BCUT2D eigenvalue weighted by molar-refractivity contribution is 5.58. The van der Waals surface area contributed by atoms with E-state index in [1.165, 1.54) is 12.1 Å². The average Bonchev–Trinajstić information content (AvgIpc) is 2.59. The van der Waals surface area contributed by atoms with E-state index in [9.17, 15) is 13.2 Å². The number of nitrogens with zero attached hydrogens (tertiary/aromatic N) is 3. The number of hydrogen-bond acceptors (Lipinski definition) is 4. The largest absolute Gasteiger partial charge is 0.416 e. The number of aromatic nitrogens is 3. The standard InChI is InChI=1S/C9H8F3N5/c10-9(11,12)6-3-1-2-5(4-6)7-15-16-8(13)17(7)14/h1-4H,14H2,(H2,13,16). The van der Waals surface area contributed by atoms with E-state index in [0.29, 0.717) is 0 Å². The maximum absolute atomic E-state index is 12.5. The molecule has 1 heterocycles. The van der Waals surface area contributed by atoms with Crippen LogP contribution in [0.3, 0.4) is 0 Å². The molecule has 0 spiro atoms. The van der Waals surface area contributed by atoms with Gasteiger partial charge in [-0.05, 0) is 12.1 Å². The number of alkyl halides is 3. The van der Waals surface area contributed by atoms with Gasteiger partial charge in [0.25, 0.3) is 0 Å². The quantitative estimate of drug-likeness (QED) is 0.738. The van der Waals surface area contributed by atoms with E-state index in [2.05, 4.69) is 10.2 Å². The second-order valence-corrected chi connectivity index (χ2v) is 3.33. The molecule has 0 aliphatic rings. The smallest absolute Gasteiger partial charge is 0.366 e. The minimum absolute atomic E-state index is 0.0718. The summed E-state index contributed by atoms with van der Waals surface area (Å²) in [6, 6.07) is 4.61. The van der Waals surface area contributed by atoms with Crippen molar-refractivity contribution in [3.63, 3.8) is 0 Å². The van der Waals surface area contributed by atoms with Crippen LogP contribution in [0.1, 0.15) is 5.56 Å². The lowest BCUT2D eigenvalue weighted by molar-refractivity contribution is -0.137. The van der Waals surface area contributed by atoms with Crippen LogP contribution in [0.15, 0.2) is 24.3 Å². The van der Waals surface area contributed by atoms with E-state index in [-0.39, 0.29) is 17.3 Å². The maximum Gasteiger partial charge on any atom is 0.416 e. The molecule has 0 saturated carbocycles. The molecule has 2 aromatic rings. The molecule has 0 radical (unpaired) electrons. The van der Waals surface area contributed by atoms with Gasteiger partial charge >= 0.3 is 6.18 Å². The van der Waals surface area contributed by atoms with E-state index in [4.69, 9.17) is 11.6 Å². The second-order valence-electron chi connectivity index (χ2n) is 3.33. The van der Waals surface area contributed by atoms with Gasteiger partial charge in [0.05, 0.1) is 5.56 Å². The number of anilines is 1. The van der Waals surface area contributed by atoms with Gasteiger partial charge in [-0.15, -0.1) is 10.2 Å². The Hall–Kier alpha value is -2.25. The zero-order valence-corrected chi connectivity index (χ0v) is 8.44. The molecular formula is C9H8F3N5. The Morgan fingerprint density at radius 1 is 1.18 bits per heavy atom. The lowest BCUT2D eigenvalue weighted by Gasteiger charge is -2.08. The van der Waals surface area contributed by atoms with Gasteiger partial charge in [0.2, 0.25) is 5.95 Å². The van der Waals surface area contributed by atoms with Crippen molar-refractivity contribution in [1.29, 1.82) is 0 Å². The topological polar surface area (TPSA) is 82.8 Å². The molecular weight excluding hydrogens is 235 g/mol. The van der Waals surface area contributed by atoms with Crippen molar-refractivity contribution < 1.29 is 13.2 Å². The molecule has 1 aromatic heterocycles. The van der Waals surface area contributed by atoms with Gasteiger partial charge in [0, 0.05) is 5.56 Å². The van der Waals surface area contributed by atoms with E-state index in [1.807, 2.05) is 0 Å². The number of nitrogen functional groups attached to an aromatic ring is 2. The SMILES string of the molecule is Nc1nnc(-c2cccc(C(F)(F)F)c2)n1N. The van der Waals surface area contributed by atoms with Crippen LogP contribution >= 0.6 is 0 Å². The summed E-state index contributed by atoms with van der Waals surface area (Å²) in [5.41, 5.74) is 4.76. The van der Waals surface area contributed by atoms with Crippen molar-refractivity contribution in [2.24, 2.45) is 0 Å². The monoisotopic (exact) mass is 243 g/mol. The predicted octanol–water partition coefficient (Wildman–Crippen LogP) is 1.26. The first-order valence-electron chi connectivity index (χ1n) is 4.53. The fourth-order valence-electron chi connectivity index (χ4n) is 1.33. The van der Waals surface area contributed by atoms with Crippen LogP contribution in [-0.2, 0) is 6.18 Å². The molecule has 0 amide bonds. The van der Waals surface area contributed by atoms with Crippen molar-refractivity contribution in [3.8, 4) is 11.4 Å². The third kappa shape index (κ3) is 2.01. The molecule has 0 aliphatic carbocycles. The zero-order valence-electron chi connectivity index (χ0n) is 8.44. The summed E-state index contributed by atoms with van der Waals surface area (Å²) >= 11 is 0. The third-order valence-electron chi connectivity index (χ3n) is 2.17. The molecule has 5 nitrogen and oxygen atoms in total. The molecule has 0 bridgehead atoms. The molecule has 90 valence electrons. The summed E-state index contributed by atoms with van der Waals surface area (Å²) in [6.45, 7) is 0. The molecule has 8 heteroatoms. The van der Waals surface area contributed by atoms with Gasteiger partial charge in [0.1, 0.15) is 0 Å². The average molecular weight is 243 g/mol. The van der Waals surface area contributed by atoms with Crippen molar-refractivity contribution >= 4 is 5.95 Å². The summed E-state index contributed by atoms with van der Waals surface area (Å²) in [4.78, 5) is 0. The Bertz CT molecular complexity index is 546. The van der Waals surface area contributed by atoms with Gasteiger partial charge in [-0.2, -0.15) is 13.2 Å². The van der Waals surface area contributed by atoms with E-state index < -0.39 is 11.7 Å². The van der Waals surface area contributed by atoms with E-state index in [0.717, 1.165) is 16.8 Å². The van der Waals surface area contributed by atoms with Crippen LogP contribution in [0.2, 0.25) is 0 Å². The predicted molar refractivity (Wildman–Crippen MR) is 55.0 cm³/mol. The number of halogens is 3. The maximum atomic E-state index is 12.5. The highest BCUT2D eigenvalue weighted by Gasteiger charge is 2.30. The minimum Gasteiger partial charge on any atom is -0.366 e. The van der Waals surface area contributed by atoms with Crippen molar-refractivity contribution in [3.05, 3.63) is 29.8 Å². The molecule has 0 unspecified atom stereocenters. The zero-order chi connectivity index (χ0) is 12.6. The molecule has 2 rings (SSSR count). The first kappa shape index (κ1) is 11.2. The molecule has 17 heavy (non-hydrogen) atoms. The number of rotatable bonds is 1. The first-order valence-corrected chi connectivity index (χ1v) is 4.53. The van der Waals surface area contributed by atoms with E-state index >= 15 is 0 Å². The molecule has 1 aromatic carbocycles. The molecule has 0 atom stereocenters. The Labute approximate surface area is 93.8 Å². The van der Waals surface area contributed by atoms with Crippen LogP contribution in [0.4, 0.5) is 19.1 Å². The van der Waals surface area contributed by atoms with Gasteiger partial charge in [-0.3, -0.25) is 0 Å². The normalized spacial score (nSPS) is 11.7. The van der Waals surface area contributed by atoms with Crippen molar-refractivity contribution in [1.82, 2.24) is 14.9 Å². The van der Waals surface area contributed by atoms with E-state index in [1.54, 1.807) is 0 Å². The Kier molecular flexibility index (Phi) is 2.41. The lowest BCUT2D eigenvalue weighted by Crippen LogP contribution is -2.13. The number of hydrogen-bond donors (Lipinski definition) is 2. The molecule has 0 fully saturated rings. The highest BCUT2D eigenvalue weighted by atomic mass is 19.4. The molecule has 0 saturated heterocycles. The van der Waals surface area contributed by atoms with Crippen LogP contribution in [-0.4, -0.2) is 14.9 Å². The fourth-order valence-corrected chi connectivity index (χ4v) is 1.33. The summed E-state index contributed by atoms with van der Waals surface area (Å²) in [7, 11) is 0. The number of benzene rings is 1. The summed E-state index contributed by atoms with van der Waals surface area (Å²) < 4.78 is 38.4. The Morgan fingerprint density at radius 2 is 1.88 bits per heavy atom. The fraction of sp³-hybridized carbons (Fsp3) is 0.111. The Morgan fingerprint density at radius 3 is 2.41 bits per heavy atom. The van der Waals surface area contributed by atoms with Gasteiger partial charge in [-0.1, -0.05) is 12.1 Å². The van der Waals surface area contributed by atoms with Gasteiger partial charge in [-0.25, -0.2) is 4.68 Å². The van der Waals surface area contributed by atoms with Gasteiger partial charge < -0.3 is 11.6 Å². The molecule has 0 aliphatic heterocycles. The third-order valence-corrected chi connectivity index (χ3v) is 2.17. The highest BCUT2D eigenvalue weighted by Crippen LogP contribution is 2.31. The molecule has 4 N–H and O–H groups in total. The lowest BCUT2D eigenvalue weighted by atomic mass is 10.1. The van der Waals surface area contributed by atoms with Crippen LogP contribution < -0.4 is 11.6 Å². The Balaban J connectivity index is 2.51.